The second kappa shape index (κ2) is 23.7. The molecule has 16 bridgehead atoms. The highest BCUT2D eigenvalue weighted by Gasteiger charge is 2.62. The van der Waals surface area contributed by atoms with Crippen molar-refractivity contribution in [1.29, 1.82) is 0 Å². The normalized spacial score (nSPS) is 38.9. The van der Waals surface area contributed by atoms with Gasteiger partial charge in [0, 0.05) is 65.9 Å². The quantitative estimate of drug-likeness (QED) is 0.0724. The third-order valence-electron chi connectivity index (χ3n) is 23.7. The number of phenols is 1. The number of anilines is 1. The first-order valence-electron chi connectivity index (χ1n) is 33.7. The molecule has 6 saturated carbocycles. The Morgan fingerprint density at radius 1 is 0.690 bits per heavy atom. The molecule has 0 aromatic heterocycles. The minimum atomic E-state index is -1.65. The van der Waals surface area contributed by atoms with Gasteiger partial charge in [0.05, 0.1) is 42.2 Å². The molecule has 3 aromatic rings. The molecule has 7 aliphatic heterocycles. The Morgan fingerprint density at radius 3 is 2.28 bits per heavy atom. The highest BCUT2D eigenvalue weighted by molar-refractivity contribution is 5.89. The predicted octanol–water partition coefficient (Wildman–Crippen LogP) is 10.8. The van der Waals surface area contributed by atoms with Crippen LogP contribution in [0.2, 0.25) is 0 Å². The summed E-state index contributed by atoms with van der Waals surface area (Å²) in [7, 11) is 0. The Labute approximate surface area is 512 Å². The van der Waals surface area contributed by atoms with Crippen LogP contribution in [0.3, 0.4) is 0 Å². The molecule has 0 amide bonds. The molecule has 0 unspecified atom stereocenters. The highest BCUT2D eigenvalue weighted by Crippen LogP contribution is 2.60. The summed E-state index contributed by atoms with van der Waals surface area (Å²) in [6.07, 6.45) is 13.4. The number of aromatic hydroxyl groups is 1. The summed E-state index contributed by atoms with van der Waals surface area (Å²) < 4.78 is 20.1. The van der Waals surface area contributed by atoms with Crippen molar-refractivity contribution in [2.75, 3.05) is 11.9 Å². The van der Waals surface area contributed by atoms with Gasteiger partial charge in [0.25, 0.3) is 0 Å². The predicted molar refractivity (Wildman–Crippen MR) is 327 cm³/mol. The number of benzene rings is 3. The Hall–Kier alpha value is -5.51. The van der Waals surface area contributed by atoms with Gasteiger partial charge in [-0.15, -0.1) is 0 Å². The van der Waals surface area contributed by atoms with E-state index in [2.05, 4.69) is 35.1 Å². The zero-order chi connectivity index (χ0) is 59.9. The largest absolute Gasteiger partial charge is 0.507 e. The number of fused-ring (bicyclic) bond motifs is 11. The Kier molecular flexibility index (Phi) is 16.1. The molecule has 17 atom stereocenters. The standard InChI is InChI=1S/C74H89NO12/c1-72(83)41-75-54-34-50(33-52(35-54)69(80)73(25-7-8-26-73)27-24-42-16-22-62-49(29-42)19-23-63(85-62)70(72)81)46-17-18-47-40-65(78)87-68-56(47)38-51(67(79)66(68)45-12-3-2-4-13-45)39-64-74(84)59-15-6-5-14-48(59)37-57-58(61(77)21-20-60(57)74)31-44-11-9-10-43(28-44)30-55(76)36-53(32-46)71(82)86-64/h9-11,28,33-36,38,42,45-49,55,57-60,62-64,69-70,75-76,79-81,83-84H,2-8,12-16,19-23,25-26,29-32,37,39-41H2,1H3/b53-36-/t42-,46-,47-,48+,49+,55-,57+,58-,59-,60-,62-,63-,64-,69-,70-,72+,74+/m1/s1. The van der Waals surface area contributed by atoms with E-state index in [4.69, 9.17) is 14.2 Å². The number of phenolic OH excluding ortho intramolecular Hbond substituents is 1. The van der Waals surface area contributed by atoms with Crippen LogP contribution in [0.1, 0.15) is 217 Å². The van der Waals surface area contributed by atoms with Gasteiger partial charge in [0.15, 0.2) is 0 Å². The minimum Gasteiger partial charge on any atom is -0.507 e. The van der Waals surface area contributed by atoms with Crippen molar-refractivity contribution in [3.05, 3.63) is 99.1 Å². The van der Waals surface area contributed by atoms with Crippen molar-refractivity contribution < 1.29 is 59.2 Å². The third kappa shape index (κ3) is 11.2. The zero-order valence-corrected chi connectivity index (χ0v) is 50.7. The number of hydrogen-bond donors (Lipinski definition) is 7. The van der Waals surface area contributed by atoms with Crippen LogP contribution >= 0.6 is 0 Å². The number of carbonyl (C=O) groups excluding carboxylic acids is 3. The van der Waals surface area contributed by atoms with Crippen LogP contribution in [0.15, 0.2) is 60.2 Å². The number of aliphatic hydroxyl groups excluding tert-OH is 3. The van der Waals surface area contributed by atoms with Gasteiger partial charge in [-0.05, 0) is 184 Å². The Morgan fingerprint density at radius 2 is 1.45 bits per heavy atom. The molecule has 16 rings (SSSR count). The maximum atomic E-state index is 16.1. The van der Waals surface area contributed by atoms with Gasteiger partial charge in [-0.2, -0.15) is 0 Å². The average molecular weight is 1180 g/mol. The van der Waals surface area contributed by atoms with E-state index >= 15 is 4.79 Å². The molecule has 3 aromatic carbocycles. The molecule has 7 heterocycles. The molecular weight excluding hydrogens is 1090 g/mol. The maximum Gasteiger partial charge on any atom is 0.334 e. The van der Waals surface area contributed by atoms with Crippen molar-refractivity contribution in [3.8, 4) is 35.2 Å². The summed E-state index contributed by atoms with van der Waals surface area (Å²) in [5.74, 6) is 11.4. The lowest BCUT2D eigenvalue weighted by atomic mass is 9.48. The van der Waals surface area contributed by atoms with Crippen molar-refractivity contribution in [1.82, 2.24) is 0 Å². The molecule has 87 heavy (non-hydrogen) atoms. The molecule has 13 nitrogen and oxygen atoms in total. The number of nitrogens with one attached hydrogen (secondary N) is 1. The fourth-order valence-corrected chi connectivity index (χ4v) is 19.2. The minimum absolute atomic E-state index is 0.0215. The number of aliphatic hydroxyl groups is 5. The van der Waals surface area contributed by atoms with Crippen LogP contribution in [0.25, 0.3) is 0 Å². The van der Waals surface area contributed by atoms with Crippen LogP contribution in [0.4, 0.5) is 5.69 Å². The number of ether oxygens (including phenoxy) is 3. The number of ketones is 1. The van der Waals surface area contributed by atoms with Gasteiger partial charge < -0.3 is 50.2 Å². The van der Waals surface area contributed by atoms with Crippen molar-refractivity contribution in [2.24, 2.45) is 46.8 Å². The molecule has 1 saturated heterocycles. The molecule has 6 aliphatic carbocycles. The van der Waals surface area contributed by atoms with Crippen LogP contribution in [-0.4, -0.2) is 96.6 Å². The van der Waals surface area contributed by atoms with Crippen molar-refractivity contribution in [3.63, 3.8) is 0 Å². The van der Waals surface area contributed by atoms with Crippen molar-refractivity contribution in [2.45, 2.75) is 239 Å². The van der Waals surface area contributed by atoms with E-state index in [0.717, 1.165) is 107 Å². The molecule has 7 N–H and O–H groups in total. The zero-order valence-electron chi connectivity index (χ0n) is 50.7. The average Bonchev–Trinajstić information content (AvgIpc) is 1.34. The highest BCUT2D eigenvalue weighted by atomic mass is 16.6. The Bertz CT molecular complexity index is 3330. The van der Waals surface area contributed by atoms with Crippen molar-refractivity contribution >= 4 is 23.4 Å². The topological polar surface area (TPSA) is 212 Å². The number of hydrogen-bond acceptors (Lipinski definition) is 13. The molecular formula is C74H89NO12. The van der Waals surface area contributed by atoms with Crippen LogP contribution in [-0.2, 0) is 43.1 Å². The van der Waals surface area contributed by atoms with Crippen LogP contribution in [0, 0.1) is 70.5 Å². The third-order valence-corrected chi connectivity index (χ3v) is 23.7. The Balaban J connectivity index is 0.963. The second-order valence-corrected chi connectivity index (χ2v) is 29.2. The van der Waals surface area contributed by atoms with Gasteiger partial charge >= 0.3 is 11.9 Å². The van der Waals surface area contributed by atoms with E-state index in [1.807, 2.05) is 42.5 Å². The van der Waals surface area contributed by atoms with Gasteiger partial charge in [-0.1, -0.05) is 105 Å². The first-order valence-corrected chi connectivity index (χ1v) is 33.7. The summed E-state index contributed by atoms with van der Waals surface area (Å²) in [6, 6.07) is 15.7. The van der Waals surface area contributed by atoms with Crippen LogP contribution in [0.5, 0.6) is 11.5 Å². The summed E-state index contributed by atoms with van der Waals surface area (Å²) in [6.45, 7) is 1.55. The van der Waals surface area contributed by atoms with Gasteiger partial charge in [-0.25, -0.2) is 4.79 Å². The monoisotopic (exact) mass is 1180 g/mol. The number of Topliss-reactive ketones (excluding diaryl/α,β-unsaturated/α-hetero) is 1. The number of esters is 2. The maximum absolute atomic E-state index is 16.1. The van der Waals surface area contributed by atoms with Gasteiger partial charge in [0.1, 0.15) is 40.7 Å². The first-order chi connectivity index (χ1) is 42.0. The smallest absolute Gasteiger partial charge is 0.334 e. The fraction of sp³-hybridized carbons (Fsp3) is 0.635. The van der Waals surface area contributed by atoms with E-state index in [-0.39, 0.29) is 97.4 Å². The number of rotatable bonds is 2. The summed E-state index contributed by atoms with van der Waals surface area (Å²) in [5.41, 5.74) is 1.35. The van der Waals surface area contributed by atoms with Crippen LogP contribution < -0.4 is 10.1 Å². The second-order valence-electron chi connectivity index (χ2n) is 29.2. The van der Waals surface area contributed by atoms with E-state index < -0.39 is 76.8 Å². The van der Waals surface area contributed by atoms with Gasteiger partial charge in [0.2, 0.25) is 0 Å². The summed E-state index contributed by atoms with van der Waals surface area (Å²) >= 11 is 0. The lowest BCUT2D eigenvalue weighted by Gasteiger charge is -2.59. The summed E-state index contributed by atoms with van der Waals surface area (Å²) in [4.78, 5) is 44.8. The lowest BCUT2D eigenvalue weighted by Crippen LogP contribution is -2.65. The van der Waals surface area contributed by atoms with E-state index in [0.29, 0.717) is 83.7 Å². The molecule has 0 radical (unpaired) electrons. The van der Waals surface area contributed by atoms with Gasteiger partial charge in [-0.3, -0.25) is 9.59 Å². The lowest BCUT2D eigenvalue weighted by molar-refractivity contribution is -0.228. The first kappa shape index (κ1) is 59.1. The molecule has 1 spiro atoms. The van der Waals surface area contributed by atoms with E-state index in [9.17, 15) is 40.2 Å². The molecule has 7 fully saturated rings. The summed E-state index contributed by atoms with van der Waals surface area (Å²) in [5, 5.41) is 80.6. The molecule has 13 aliphatic rings. The molecule has 13 heteroatoms. The fourth-order valence-electron chi connectivity index (χ4n) is 19.2. The van der Waals surface area contributed by atoms with E-state index in [1.165, 1.54) is 0 Å². The molecule has 462 valence electrons. The number of carbonyl (C=O) groups is 3. The van der Waals surface area contributed by atoms with E-state index in [1.54, 1.807) is 13.0 Å². The SMILES string of the molecule is C[C@]1(O)CNc2cc([C@@H]3C#C[C@@H]4CC(=O)Oc5c4cc(c(O)c5C4CCCCC4)C[C@H]4OC(=O)/C(=C\[C@H](O)Cc5cccc(c5)C[C@H]5C(=O)CC[C@@H]6[C@H]5C[C@@H]5CCCC[C@H]5[C@]64O)C3)cc(c2)[C@@H](O)C2(C#C[C@H]3CC[C@H]4O[C@H](CC[C@H]4C3)[C@H]1O)CCCC2.